The Labute approximate surface area is 145 Å². The fourth-order valence-corrected chi connectivity index (χ4v) is 3.71. The van der Waals surface area contributed by atoms with E-state index in [0.717, 1.165) is 17.2 Å². The number of fused-ring (bicyclic) bond motifs is 1. The van der Waals surface area contributed by atoms with E-state index in [-0.39, 0.29) is 10.7 Å². The Hall–Kier alpha value is -2.73. The first-order chi connectivity index (χ1) is 11.9. The Morgan fingerprint density at radius 2 is 1.76 bits per heavy atom. The van der Waals surface area contributed by atoms with Gasteiger partial charge >= 0.3 is 0 Å². The van der Waals surface area contributed by atoms with Crippen molar-refractivity contribution in [2.24, 2.45) is 0 Å². The lowest BCUT2D eigenvalue weighted by Gasteiger charge is -2.16. The summed E-state index contributed by atoms with van der Waals surface area (Å²) >= 11 is 0. The number of sulfonamides is 1. The van der Waals surface area contributed by atoms with Crippen LogP contribution in [0.1, 0.15) is 23.1 Å². The van der Waals surface area contributed by atoms with E-state index < -0.39 is 15.9 Å². The van der Waals surface area contributed by atoms with Crippen LogP contribution < -0.4 is 4.72 Å². The Balaban J connectivity index is 1.72. The lowest BCUT2D eigenvalue weighted by atomic mass is 9.98. The first-order valence-corrected chi connectivity index (χ1v) is 9.21. The van der Waals surface area contributed by atoms with Crippen LogP contribution in [0.5, 0.6) is 0 Å². The second-order valence-corrected chi connectivity index (χ2v) is 7.40. The van der Waals surface area contributed by atoms with E-state index in [0.29, 0.717) is 18.4 Å². The highest BCUT2D eigenvalue weighted by molar-refractivity contribution is 7.94. The number of benzene rings is 2. The minimum Gasteiger partial charge on any atom is -0.269 e. The van der Waals surface area contributed by atoms with Crippen LogP contribution in [0.25, 0.3) is 12.2 Å². The predicted octanol–water partition coefficient (Wildman–Crippen LogP) is 3.27. The monoisotopic (exact) mass is 357 g/mol. The van der Waals surface area contributed by atoms with Gasteiger partial charge in [0.2, 0.25) is 0 Å². The van der Waals surface area contributed by atoms with Gasteiger partial charge in [0.25, 0.3) is 15.9 Å². The summed E-state index contributed by atoms with van der Waals surface area (Å²) in [7, 11) is -3.89. The van der Waals surface area contributed by atoms with Crippen molar-refractivity contribution < 1.29 is 17.6 Å². The largest absolute Gasteiger partial charge is 0.269 e. The number of amides is 1. The summed E-state index contributed by atoms with van der Waals surface area (Å²) < 4.78 is 39.6. The van der Waals surface area contributed by atoms with Gasteiger partial charge in [-0.05, 0) is 53.8 Å². The summed E-state index contributed by atoms with van der Waals surface area (Å²) in [5.74, 6) is -1.13. The summed E-state index contributed by atoms with van der Waals surface area (Å²) in [6, 6.07) is 13.1. The minimum atomic E-state index is -3.89. The summed E-state index contributed by atoms with van der Waals surface area (Å²) in [6.07, 6.45) is 5.10. The molecule has 1 amide bonds. The highest BCUT2D eigenvalue weighted by Gasteiger charge is 2.22. The van der Waals surface area contributed by atoms with Gasteiger partial charge in [0.1, 0.15) is 5.82 Å². The molecule has 0 unspecified atom stereocenters. The van der Waals surface area contributed by atoms with E-state index in [1.165, 1.54) is 30.3 Å². The summed E-state index contributed by atoms with van der Waals surface area (Å²) in [4.78, 5) is 12.1. The zero-order valence-corrected chi connectivity index (χ0v) is 14.1. The number of carbonyl (C=O) groups excluding carboxylic acids is 1. The molecular weight excluding hydrogens is 341 g/mol. The van der Waals surface area contributed by atoms with E-state index in [1.807, 2.05) is 29.0 Å². The Kier molecular flexibility index (Phi) is 4.81. The van der Waals surface area contributed by atoms with Crippen molar-refractivity contribution in [3.8, 4) is 0 Å². The van der Waals surface area contributed by atoms with E-state index in [9.17, 15) is 17.6 Å². The van der Waals surface area contributed by atoms with Crippen molar-refractivity contribution >= 4 is 28.1 Å². The number of aryl methyl sites for hydroxylation is 1. The first-order valence-electron chi connectivity index (χ1n) is 7.73. The van der Waals surface area contributed by atoms with Crippen molar-refractivity contribution in [3.05, 3.63) is 82.0 Å². The molecule has 0 aliphatic heterocycles. The Morgan fingerprint density at radius 3 is 2.52 bits per heavy atom. The third-order valence-electron chi connectivity index (χ3n) is 3.89. The number of allylic oxidation sites excluding steroid dienone is 1. The smallest absolute Gasteiger partial charge is 0.260 e. The number of hydrogen-bond acceptors (Lipinski definition) is 3. The first kappa shape index (κ1) is 17.1. The number of hydrogen-bond donors (Lipinski definition) is 1. The Morgan fingerprint density at radius 1 is 1.04 bits per heavy atom. The van der Waals surface area contributed by atoms with Crippen LogP contribution in [0, 0.1) is 5.82 Å². The molecule has 6 heteroatoms. The number of halogens is 1. The zero-order valence-electron chi connectivity index (χ0n) is 13.3. The summed E-state index contributed by atoms with van der Waals surface area (Å²) in [6.45, 7) is 0. The van der Waals surface area contributed by atoms with Gasteiger partial charge in [0.05, 0.1) is 4.91 Å². The second-order valence-electron chi connectivity index (χ2n) is 5.66. The van der Waals surface area contributed by atoms with Crippen LogP contribution in [0.2, 0.25) is 0 Å². The van der Waals surface area contributed by atoms with Crippen LogP contribution in [0.4, 0.5) is 4.39 Å². The van der Waals surface area contributed by atoms with Crippen LogP contribution in [-0.2, 0) is 21.2 Å². The maximum absolute atomic E-state index is 12.8. The van der Waals surface area contributed by atoms with E-state index in [4.69, 9.17) is 0 Å². The molecule has 2 aromatic carbocycles. The molecule has 1 aliphatic carbocycles. The van der Waals surface area contributed by atoms with Crippen molar-refractivity contribution in [1.29, 1.82) is 0 Å². The molecule has 0 saturated heterocycles. The molecule has 1 aliphatic rings. The number of rotatable bonds is 4. The van der Waals surface area contributed by atoms with Crippen LogP contribution in [0.3, 0.4) is 0 Å². The Bertz CT molecular complexity index is 960. The van der Waals surface area contributed by atoms with Crippen LogP contribution in [0.15, 0.2) is 59.5 Å². The average Bonchev–Trinajstić information content (AvgIpc) is 2.60. The highest BCUT2D eigenvalue weighted by Crippen LogP contribution is 2.26. The molecule has 0 atom stereocenters. The number of carbonyl (C=O) groups is 1. The lowest BCUT2D eigenvalue weighted by molar-refractivity contribution is -0.114. The molecule has 25 heavy (non-hydrogen) atoms. The molecule has 2 aromatic rings. The fraction of sp³-hybridized carbons (Fsp3) is 0.105. The average molecular weight is 357 g/mol. The van der Waals surface area contributed by atoms with Crippen molar-refractivity contribution in [2.75, 3.05) is 0 Å². The summed E-state index contributed by atoms with van der Waals surface area (Å²) in [5, 5.41) is 0. The SMILES string of the molecule is O=C(/C=C/c1ccc(F)cc1)NS(=O)(=O)C1=Cc2ccccc2CC1. The molecule has 0 saturated carbocycles. The normalized spacial score (nSPS) is 14.0. The predicted molar refractivity (Wildman–Crippen MR) is 95.2 cm³/mol. The van der Waals surface area contributed by atoms with E-state index in [1.54, 1.807) is 6.08 Å². The topological polar surface area (TPSA) is 63.2 Å². The molecule has 0 fully saturated rings. The van der Waals surface area contributed by atoms with Crippen molar-refractivity contribution in [1.82, 2.24) is 4.72 Å². The van der Waals surface area contributed by atoms with Gasteiger partial charge in [-0.25, -0.2) is 17.5 Å². The van der Waals surface area contributed by atoms with Crippen molar-refractivity contribution in [3.63, 3.8) is 0 Å². The summed E-state index contributed by atoms with van der Waals surface area (Å²) in [5.41, 5.74) is 2.53. The minimum absolute atomic E-state index is 0.190. The van der Waals surface area contributed by atoms with Crippen LogP contribution in [-0.4, -0.2) is 14.3 Å². The molecule has 4 nitrogen and oxygen atoms in total. The van der Waals surface area contributed by atoms with E-state index in [2.05, 4.69) is 0 Å². The fourth-order valence-electron chi connectivity index (χ4n) is 2.60. The van der Waals surface area contributed by atoms with Gasteiger partial charge in [0.15, 0.2) is 0 Å². The molecule has 0 spiro atoms. The molecule has 3 rings (SSSR count). The molecular formula is C19H16FNO3S. The molecule has 128 valence electrons. The lowest BCUT2D eigenvalue weighted by Crippen LogP contribution is -2.30. The molecule has 0 radical (unpaired) electrons. The van der Waals surface area contributed by atoms with Gasteiger partial charge in [-0.1, -0.05) is 36.4 Å². The molecule has 0 aromatic heterocycles. The maximum atomic E-state index is 12.8. The standard InChI is InChI=1S/C19H16FNO3S/c20-17-9-5-14(6-10-17)7-12-19(22)21-25(23,24)18-11-8-15-3-1-2-4-16(15)13-18/h1-7,9-10,12-13H,8,11H2,(H,21,22)/b12-7+. The van der Waals surface area contributed by atoms with Gasteiger partial charge in [0, 0.05) is 6.08 Å². The van der Waals surface area contributed by atoms with Gasteiger partial charge < -0.3 is 0 Å². The third-order valence-corrected chi connectivity index (χ3v) is 5.37. The van der Waals surface area contributed by atoms with Gasteiger partial charge in [-0.3, -0.25) is 4.79 Å². The zero-order chi connectivity index (χ0) is 17.9. The van der Waals surface area contributed by atoms with Gasteiger partial charge in [-0.15, -0.1) is 0 Å². The van der Waals surface area contributed by atoms with E-state index >= 15 is 0 Å². The number of nitrogens with one attached hydrogen (secondary N) is 1. The van der Waals surface area contributed by atoms with Gasteiger partial charge in [-0.2, -0.15) is 0 Å². The molecule has 0 bridgehead atoms. The highest BCUT2D eigenvalue weighted by atomic mass is 32.2. The van der Waals surface area contributed by atoms with Crippen LogP contribution >= 0.6 is 0 Å². The molecule has 1 N–H and O–H groups in total. The third kappa shape index (κ3) is 4.22. The quantitative estimate of drug-likeness (QED) is 0.854. The maximum Gasteiger partial charge on any atom is 0.260 e. The second kappa shape index (κ2) is 7.03. The molecule has 0 heterocycles. The van der Waals surface area contributed by atoms with Crippen molar-refractivity contribution in [2.45, 2.75) is 12.8 Å².